The summed E-state index contributed by atoms with van der Waals surface area (Å²) in [5, 5.41) is 8.88. The normalized spacial score (nSPS) is 23.7. The fourth-order valence-electron chi connectivity index (χ4n) is 5.89. The number of aromatic amines is 1. The van der Waals surface area contributed by atoms with Crippen molar-refractivity contribution in [1.29, 1.82) is 0 Å². The molecule has 5 heterocycles. The van der Waals surface area contributed by atoms with Crippen molar-refractivity contribution < 1.29 is 9.13 Å². The van der Waals surface area contributed by atoms with Crippen LogP contribution < -0.4 is 20.7 Å². The SMILES string of the molecule is CNc1cc(F)cc2c1[nH]c1nc(Oc3cnn4ccnc4c3)nc(N3C[C@H]4[C@@H](C)[C@@H]3C[C@H]4N)c12. The number of anilines is 2. The number of benzene rings is 1. The van der Waals surface area contributed by atoms with Crippen molar-refractivity contribution >= 4 is 39.1 Å². The predicted octanol–water partition coefficient (Wildman–Crippen LogP) is 3.30. The molecule has 1 aliphatic carbocycles. The summed E-state index contributed by atoms with van der Waals surface area (Å²) in [4.78, 5) is 19.4. The average molecular weight is 474 g/mol. The Morgan fingerprint density at radius 3 is 2.91 bits per heavy atom. The lowest BCUT2D eigenvalue weighted by Gasteiger charge is -2.31. The molecule has 4 aromatic heterocycles. The van der Waals surface area contributed by atoms with Crippen molar-refractivity contribution in [3.8, 4) is 11.8 Å². The number of piperidine rings is 1. The van der Waals surface area contributed by atoms with Gasteiger partial charge in [-0.25, -0.2) is 13.9 Å². The second kappa shape index (κ2) is 7.25. The van der Waals surface area contributed by atoms with Gasteiger partial charge in [-0.15, -0.1) is 0 Å². The Bertz CT molecular complexity index is 1610. The number of nitrogens with one attached hydrogen (secondary N) is 2. The molecule has 10 nitrogen and oxygen atoms in total. The van der Waals surface area contributed by atoms with Gasteiger partial charge in [-0.05, 0) is 30.4 Å². The zero-order chi connectivity index (χ0) is 23.8. The van der Waals surface area contributed by atoms with Gasteiger partial charge in [-0.3, -0.25) is 0 Å². The number of aromatic nitrogens is 6. The van der Waals surface area contributed by atoms with Crippen molar-refractivity contribution in [2.45, 2.75) is 25.4 Å². The number of hydrogen-bond acceptors (Lipinski definition) is 8. The van der Waals surface area contributed by atoms with Crippen LogP contribution in [0.5, 0.6) is 11.8 Å². The topological polar surface area (TPSA) is 122 Å². The van der Waals surface area contributed by atoms with E-state index in [2.05, 4.69) is 37.2 Å². The minimum absolute atomic E-state index is 0.183. The maximum atomic E-state index is 14.6. The molecule has 0 radical (unpaired) electrons. The summed E-state index contributed by atoms with van der Waals surface area (Å²) in [7, 11) is 1.77. The van der Waals surface area contributed by atoms with Crippen LogP contribution in [0.15, 0.2) is 36.8 Å². The van der Waals surface area contributed by atoms with Crippen molar-refractivity contribution in [2.24, 2.45) is 17.6 Å². The first-order chi connectivity index (χ1) is 17.0. The molecule has 0 unspecified atom stereocenters. The summed E-state index contributed by atoms with van der Waals surface area (Å²) >= 11 is 0. The molecular formula is C24H24FN9O. The number of rotatable bonds is 4. The molecule has 4 atom stereocenters. The van der Waals surface area contributed by atoms with E-state index in [1.54, 1.807) is 36.2 Å². The largest absolute Gasteiger partial charge is 0.422 e. The number of fused-ring (bicyclic) bond motifs is 6. The molecule has 1 aromatic carbocycles. The van der Waals surface area contributed by atoms with Crippen LogP contribution in [-0.4, -0.2) is 55.2 Å². The molecule has 2 fully saturated rings. The molecule has 1 saturated heterocycles. The first-order valence-electron chi connectivity index (χ1n) is 11.7. The lowest BCUT2D eigenvalue weighted by Crippen LogP contribution is -2.41. The molecule has 1 saturated carbocycles. The fourth-order valence-corrected chi connectivity index (χ4v) is 5.89. The summed E-state index contributed by atoms with van der Waals surface area (Å²) in [5.41, 5.74) is 9.05. The number of ether oxygens (including phenoxy) is 1. The van der Waals surface area contributed by atoms with Crippen molar-refractivity contribution in [3.63, 3.8) is 0 Å². The van der Waals surface area contributed by atoms with E-state index in [0.29, 0.717) is 34.6 Å². The Kier molecular flexibility index (Phi) is 4.23. The van der Waals surface area contributed by atoms with E-state index in [-0.39, 0.29) is 23.9 Å². The van der Waals surface area contributed by atoms with Gasteiger partial charge in [0, 0.05) is 49.5 Å². The highest BCUT2D eigenvalue weighted by Crippen LogP contribution is 2.46. The maximum Gasteiger partial charge on any atom is 0.326 e. The minimum Gasteiger partial charge on any atom is -0.422 e. The second-order valence-corrected chi connectivity index (χ2v) is 9.47. The summed E-state index contributed by atoms with van der Waals surface area (Å²) in [6.45, 7) is 3.04. The van der Waals surface area contributed by atoms with E-state index in [4.69, 9.17) is 15.5 Å². The molecule has 178 valence electrons. The van der Waals surface area contributed by atoms with Crippen LogP contribution in [-0.2, 0) is 0 Å². The lowest BCUT2D eigenvalue weighted by atomic mass is 9.98. The van der Waals surface area contributed by atoms with Crippen LogP contribution in [0.25, 0.3) is 27.6 Å². The van der Waals surface area contributed by atoms with E-state index < -0.39 is 0 Å². The Labute approximate surface area is 199 Å². The van der Waals surface area contributed by atoms with Crippen molar-refractivity contribution in [2.75, 3.05) is 23.8 Å². The maximum absolute atomic E-state index is 14.6. The Morgan fingerprint density at radius 1 is 1.26 bits per heavy atom. The predicted molar refractivity (Wildman–Crippen MR) is 130 cm³/mol. The first kappa shape index (κ1) is 20.4. The molecule has 1 aliphatic heterocycles. The molecule has 2 aliphatic rings. The van der Waals surface area contributed by atoms with Gasteiger partial charge in [-0.1, -0.05) is 6.92 Å². The zero-order valence-corrected chi connectivity index (χ0v) is 19.2. The standard InChI is InChI=1S/C24H24FN9O/c1-11-15-10-33(18(11)8-16(15)26)23-20-14-5-12(25)6-17(27-2)21(14)30-22(20)31-24(32-23)35-13-7-19-28-3-4-34(19)29-9-13/h3-7,9,11,15-16,18,27H,8,10,26H2,1-2H3,(H,30,31,32)/t11-,15+,16-,18+/m1/s1. The molecule has 7 rings (SSSR count). The van der Waals surface area contributed by atoms with Gasteiger partial charge in [0.25, 0.3) is 0 Å². The highest BCUT2D eigenvalue weighted by Gasteiger charge is 2.49. The number of nitrogens with two attached hydrogens (primary N) is 1. The van der Waals surface area contributed by atoms with Crippen molar-refractivity contribution in [1.82, 2.24) is 29.5 Å². The second-order valence-electron chi connectivity index (χ2n) is 9.47. The van der Waals surface area contributed by atoms with E-state index in [0.717, 1.165) is 35.1 Å². The van der Waals surface area contributed by atoms with Gasteiger partial charge in [0.15, 0.2) is 11.4 Å². The first-order valence-corrected chi connectivity index (χ1v) is 11.7. The van der Waals surface area contributed by atoms with Gasteiger partial charge in [-0.2, -0.15) is 15.1 Å². The Balaban J connectivity index is 1.42. The lowest BCUT2D eigenvalue weighted by molar-refractivity contribution is 0.432. The smallest absolute Gasteiger partial charge is 0.326 e. The molecule has 0 amide bonds. The third kappa shape index (κ3) is 2.97. The zero-order valence-electron chi connectivity index (χ0n) is 19.2. The van der Waals surface area contributed by atoms with E-state index in [1.807, 2.05) is 0 Å². The number of hydrogen-bond donors (Lipinski definition) is 3. The Hall–Kier alpha value is -3.99. The number of nitrogens with zero attached hydrogens (tertiary/aromatic N) is 6. The molecule has 11 heteroatoms. The highest BCUT2D eigenvalue weighted by molar-refractivity contribution is 6.14. The van der Waals surface area contributed by atoms with Crippen LogP contribution in [0.1, 0.15) is 13.3 Å². The number of halogens is 1. The van der Waals surface area contributed by atoms with Crippen LogP contribution in [0.2, 0.25) is 0 Å². The summed E-state index contributed by atoms with van der Waals surface area (Å²) < 4.78 is 22.3. The van der Waals surface area contributed by atoms with Gasteiger partial charge in [0.2, 0.25) is 0 Å². The minimum atomic E-state index is -0.327. The average Bonchev–Trinajstić information content (AvgIpc) is 3.59. The third-order valence-corrected chi connectivity index (χ3v) is 7.62. The molecule has 35 heavy (non-hydrogen) atoms. The number of H-pyrrole nitrogens is 1. The fraction of sp³-hybridized carbons (Fsp3) is 0.333. The van der Waals surface area contributed by atoms with Gasteiger partial charge >= 0.3 is 6.01 Å². The van der Waals surface area contributed by atoms with Crippen LogP contribution >= 0.6 is 0 Å². The van der Waals surface area contributed by atoms with Gasteiger partial charge in [0.1, 0.15) is 17.3 Å². The van der Waals surface area contributed by atoms with Crippen LogP contribution in [0.4, 0.5) is 15.9 Å². The van der Waals surface area contributed by atoms with Crippen molar-refractivity contribution in [3.05, 3.63) is 42.6 Å². The van der Waals surface area contributed by atoms with Crippen LogP contribution in [0.3, 0.4) is 0 Å². The van der Waals surface area contributed by atoms with Crippen LogP contribution in [0, 0.1) is 17.7 Å². The summed E-state index contributed by atoms with van der Waals surface area (Å²) in [6.07, 6.45) is 5.92. The van der Waals surface area contributed by atoms with E-state index >= 15 is 0 Å². The Morgan fingerprint density at radius 2 is 2.14 bits per heavy atom. The highest BCUT2D eigenvalue weighted by atomic mass is 19.1. The van der Waals surface area contributed by atoms with Gasteiger partial charge < -0.3 is 25.7 Å². The quantitative estimate of drug-likeness (QED) is 0.363. The monoisotopic (exact) mass is 473 g/mol. The third-order valence-electron chi connectivity index (χ3n) is 7.62. The summed E-state index contributed by atoms with van der Waals surface area (Å²) in [6, 6.07) is 5.39. The number of imidazole rings is 1. The molecule has 5 aromatic rings. The molecule has 2 bridgehead atoms. The molecule has 4 N–H and O–H groups in total. The summed E-state index contributed by atoms with van der Waals surface area (Å²) in [5.74, 6) is 1.71. The molecular weight excluding hydrogens is 449 g/mol. The van der Waals surface area contributed by atoms with E-state index in [9.17, 15) is 4.39 Å². The van der Waals surface area contributed by atoms with E-state index in [1.165, 1.54) is 12.1 Å². The molecule has 0 spiro atoms. The van der Waals surface area contributed by atoms with Gasteiger partial charge in [0.05, 0.1) is 22.8 Å².